The van der Waals surface area contributed by atoms with Crippen molar-refractivity contribution in [1.82, 2.24) is 9.97 Å². The molecule has 0 fully saturated rings. The lowest BCUT2D eigenvalue weighted by Gasteiger charge is -1.97. The Labute approximate surface area is 78.7 Å². The maximum absolute atomic E-state index is 13.0. The minimum absolute atomic E-state index is 0.220. The number of H-pyrrole nitrogens is 1. The first-order valence-electron chi connectivity index (χ1n) is 3.93. The number of aromatic amines is 1. The van der Waals surface area contributed by atoms with Gasteiger partial charge in [0.05, 0.1) is 18.2 Å². The number of halogens is 1. The number of esters is 1. The molecule has 0 amide bonds. The molecule has 2 aromatic rings. The standard InChI is InChI=1S/C9H7FN2O2/c1-14-9(13)5-2-7-8(12-3-5)6(10)4-11-7/h2-4,11H,1H3. The van der Waals surface area contributed by atoms with Gasteiger partial charge in [-0.15, -0.1) is 0 Å². The highest BCUT2D eigenvalue weighted by Gasteiger charge is 2.09. The van der Waals surface area contributed by atoms with Gasteiger partial charge in [0.1, 0.15) is 5.52 Å². The van der Waals surface area contributed by atoms with Gasteiger partial charge < -0.3 is 9.72 Å². The van der Waals surface area contributed by atoms with Gasteiger partial charge in [-0.1, -0.05) is 0 Å². The molecule has 0 saturated carbocycles. The van der Waals surface area contributed by atoms with Gasteiger partial charge in [0.2, 0.25) is 0 Å². The average molecular weight is 194 g/mol. The molecule has 2 rings (SSSR count). The summed E-state index contributed by atoms with van der Waals surface area (Å²) in [6, 6.07) is 1.50. The third-order valence-corrected chi connectivity index (χ3v) is 1.89. The van der Waals surface area contributed by atoms with Crippen molar-refractivity contribution in [2.45, 2.75) is 0 Å². The van der Waals surface area contributed by atoms with E-state index in [0.717, 1.165) is 0 Å². The van der Waals surface area contributed by atoms with E-state index in [-0.39, 0.29) is 5.52 Å². The van der Waals surface area contributed by atoms with Gasteiger partial charge in [-0.3, -0.25) is 4.98 Å². The van der Waals surface area contributed by atoms with Crippen LogP contribution in [0.5, 0.6) is 0 Å². The average Bonchev–Trinajstić information content (AvgIpc) is 2.59. The fraction of sp³-hybridized carbons (Fsp3) is 0.111. The third kappa shape index (κ3) is 1.22. The first-order valence-corrected chi connectivity index (χ1v) is 3.93. The second-order valence-corrected chi connectivity index (χ2v) is 2.75. The minimum atomic E-state index is -0.491. The molecular weight excluding hydrogens is 187 g/mol. The van der Waals surface area contributed by atoms with Crippen LogP contribution in [-0.4, -0.2) is 23.0 Å². The smallest absolute Gasteiger partial charge is 0.339 e. The first kappa shape index (κ1) is 8.68. The molecule has 0 aliphatic rings. The molecule has 0 unspecified atom stereocenters. The minimum Gasteiger partial charge on any atom is -0.465 e. The zero-order valence-corrected chi connectivity index (χ0v) is 7.37. The highest BCUT2D eigenvalue weighted by atomic mass is 19.1. The Morgan fingerprint density at radius 3 is 3.14 bits per heavy atom. The van der Waals surface area contributed by atoms with E-state index in [4.69, 9.17) is 0 Å². The van der Waals surface area contributed by atoms with E-state index in [1.54, 1.807) is 0 Å². The monoisotopic (exact) mass is 194 g/mol. The summed E-state index contributed by atoms with van der Waals surface area (Å²) in [6.45, 7) is 0. The van der Waals surface area contributed by atoms with E-state index in [0.29, 0.717) is 11.1 Å². The van der Waals surface area contributed by atoms with Gasteiger partial charge in [-0.2, -0.15) is 0 Å². The molecule has 0 spiro atoms. The molecule has 2 heterocycles. The van der Waals surface area contributed by atoms with E-state index >= 15 is 0 Å². The molecule has 5 heteroatoms. The number of carbonyl (C=O) groups is 1. The molecule has 0 aliphatic heterocycles. The summed E-state index contributed by atoms with van der Waals surface area (Å²) >= 11 is 0. The maximum atomic E-state index is 13.0. The number of carbonyl (C=O) groups excluding carboxylic acids is 1. The van der Waals surface area contributed by atoms with Crippen molar-refractivity contribution in [3.05, 3.63) is 29.8 Å². The van der Waals surface area contributed by atoms with Crippen LogP contribution in [0.15, 0.2) is 18.5 Å². The Hall–Kier alpha value is -1.91. The topological polar surface area (TPSA) is 55.0 Å². The van der Waals surface area contributed by atoms with Crippen LogP contribution in [0.1, 0.15) is 10.4 Å². The Morgan fingerprint density at radius 1 is 1.64 bits per heavy atom. The molecule has 72 valence electrons. The van der Waals surface area contributed by atoms with Crippen LogP contribution in [-0.2, 0) is 4.74 Å². The van der Waals surface area contributed by atoms with Crippen LogP contribution in [0, 0.1) is 5.82 Å². The van der Waals surface area contributed by atoms with Crippen molar-refractivity contribution >= 4 is 17.0 Å². The van der Waals surface area contributed by atoms with Crippen molar-refractivity contribution in [2.24, 2.45) is 0 Å². The Bertz CT molecular complexity index is 493. The third-order valence-electron chi connectivity index (χ3n) is 1.89. The summed E-state index contributed by atoms with van der Waals surface area (Å²) in [4.78, 5) is 17.6. The van der Waals surface area contributed by atoms with Gasteiger partial charge in [0, 0.05) is 12.4 Å². The Kier molecular flexibility index (Phi) is 1.92. The van der Waals surface area contributed by atoms with Gasteiger partial charge in [-0.25, -0.2) is 9.18 Å². The molecule has 0 atom stereocenters. The van der Waals surface area contributed by atoms with Crippen LogP contribution in [0.4, 0.5) is 4.39 Å². The van der Waals surface area contributed by atoms with Gasteiger partial charge in [-0.05, 0) is 6.07 Å². The molecule has 4 nitrogen and oxygen atoms in total. The fourth-order valence-electron chi connectivity index (χ4n) is 1.20. The predicted molar refractivity (Wildman–Crippen MR) is 47.4 cm³/mol. The maximum Gasteiger partial charge on any atom is 0.339 e. The number of hydrogen-bond donors (Lipinski definition) is 1. The van der Waals surface area contributed by atoms with E-state index in [9.17, 15) is 9.18 Å². The summed E-state index contributed by atoms with van der Waals surface area (Å²) in [5.41, 5.74) is 0.991. The predicted octanol–water partition coefficient (Wildman–Crippen LogP) is 1.49. The number of ether oxygens (including phenoxy) is 1. The first-order chi connectivity index (χ1) is 6.72. The highest BCUT2D eigenvalue weighted by molar-refractivity contribution is 5.92. The zero-order chi connectivity index (χ0) is 10.1. The van der Waals surface area contributed by atoms with Crippen LogP contribution >= 0.6 is 0 Å². The second kappa shape index (κ2) is 3.10. The number of methoxy groups -OCH3 is 1. The number of fused-ring (bicyclic) bond motifs is 1. The molecule has 0 bridgehead atoms. The molecule has 0 saturated heterocycles. The Balaban J connectivity index is 2.57. The number of rotatable bonds is 1. The summed E-state index contributed by atoms with van der Waals surface area (Å²) in [6.07, 6.45) is 2.48. The van der Waals surface area contributed by atoms with E-state index in [1.807, 2.05) is 0 Å². The fourth-order valence-corrected chi connectivity index (χ4v) is 1.20. The lowest BCUT2D eigenvalue weighted by Crippen LogP contribution is -2.01. The van der Waals surface area contributed by atoms with Crippen LogP contribution in [0.3, 0.4) is 0 Å². The summed E-state index contributed by atoms with van der Waals surface area (Å²) in [5.74, 6) is -0.925. The summed E-state index contributed by atoms with van der Waals surface area (Å²) in [5, 5.41) is 0. The van der Waals surface area contributed by atoms with Crippen LogP contribution in [0.25, 0.3) is 11.0 Å². The molecular formula is C9H7FN2O2. The zero-order valence-electron chi connectivity index (χ0n) is 7.37. The van der Waals surface area contributed by atoms with Crippen LogP contribution in [0.2, 0.25) is 0 Å². The summed E-state index contributed by atoms with van der Waals surface area (Å²) < 4.78 is 17.5. The van der Waals surface area contributed by atoms with Crippen molar-refractivity contribution in [3.8, 4) is 0 Å². The summed E-state index contributed by atoms with van der Waals surface area (Å²) in [7, 11) is 1.28. The van der Waals surface area contributed by atoms with Crippen molar-refractivity contribution in [3.63, 3.8) is 0 Å². The van der Waals surface area contributed by atoms with Gasteiger partial charge >= 0.3 is 5.97 Å². The van der Waals surface area contributed by atoms with Crippen molar-refractivity contribution in [2.75, 3.05) is 7.11 Å². The lowest BCUT2D eigenvalue weighted by molar-refractivity contribution is 0.0600. The van der Waals surface area contributed by atoms with E-state index in [2.05, 4.69) is 14.7 Å². The number of aromatic nitrogens is 2. The van der Waals surface area contributed by atoms with Crippen molar-refractivity contribution in [1.29, 1.82) is 0 Å². The molecule has 1 N–H and O–H groups in total. The molecule has 0 radical (unpaired) electrons. The SMILES string of the molecule is COC(=O)c1cnc2c(F)c[nH]c2c1. The number of hydrogen-bond acceptors (Lipinski definition) is 3. The number of pyridine rings is 1. The normalized spacial score (nSPS) is 10.4. The van der Waals surface area contributed by atoms with Gasteiger partial charge in [0.15, 0.2) is 5.82 Å². The lowest BCUT2D eigenvalue weighted by atomic mass is 10.2. The van der Waals surface area contributed by atoms with Crippen molar-refractivity contribution < 1.29 is 13.9 Å². The van der Waals surface area contributed by atoms with Gasteiger partial charge in [0.25, 0.3) is 0 Å². The second-order valence-electron chi connectivity index (χ2n) is 2.75. The van der Waals surface area contributed by atoms with Crippen LogP contribution < -0.4 is 0 Å². The molecule has 2 aromatic heterocycles. The highest BCUT2D eigenvalue weighted by Crippen LogP contribution is 2.15. The number of nitrogens with one attached hydrogen (secondary N) is 1. The quantitative estimate of drug-likeness (QED) is 0.699. The van der Waals surface area contributed by atoms with E-state index < -0.39 is 11.8 Å². The van der Waals surface area contributed by atoms with E-state index in [1.165, 1.54) is 25.6 Å². The number of nitrogens with zero attached hydrogens (tertiary/aromatic N) is 1. The molecule has 14 heavy (non-hydrogen) atoms. The molecule has 0 aromatic carbocycles. The largest absolute Gasteiger partial charge is 0.465 e. The Morgan fingerprint density at radius 2 is 2.43 bits per heavy atom. The molecule has 0 aliphatic carbocycles.